The average molecular weight is 238 g/mol. The molecular formula is C11H18N4O2. The number of hydrogen-bond donors (Lipinski definition) is 2. The maximum Gasteiger partial charge on any atom is 0.272 e. The smallest absolute Gasteiger partial charge is 0.272 e. The van der Waals surface area contributed by atoms with E-state index >= 15 is 0 Å². The molecule has 1 atom stereocenters. The van der Waals surface area contributed by atoms with Gasteiger partial charge < -0.3 is 15.4 Å². The Bertz CT molecular complexity index is 391. The van der Waals surface area contributed by atoms with E-state index in [2.05, 4.69) is 17.1 Å². The van der Waals surface area contributed by atoms with Gasteiger partial charge in [-0.3, -0.25) is 9.89 Å². The molecule has 94 valence electrons. The Hall–Kier alpha value is -1.56. The van der Waals surface area contributed by atoms with Crippen LogP contribution >= 0.6 is 0 Å². The third kappa shape index (κ3) is 2.76. The van der Waals surface area contributed by atoms with Gasteiger partial charge in [-0.05, 0) is 12.8 Å². The van der Waals surface area contributed by atoms with E-state index in [4.69, 9.17) is 10.5 Å². The Balaban J connectivity index is 2.07. The third-order valence-electron chi connectivity index (χ3n) is 2.92. The zero-order valence-electron chi connectivity index (χ0n) is 9.98. The number of amides is 1. The van der Waals surface area contributed by atoms with Gasteiger partial charge in [0.25, 0.3) is 5.91 Å². The molecule has 1 fully saturated rings. The maximum atomic E-state index is 12.2. The molecule has 0 radical (unpaired) electrons. The number of rotatable bonds is 2. The van der Waals surface area contributed by atoms with Crippen LogP contribution in [0.25, 0.3) is 0 Å². The predicted molar refractivity (Wildman–Crippen MR) is 63.6 cm³/mol. The van der Waals surface area contributed by atoms with Crippen molar-refractivity contribution in [2.24, 2.45) is 0 Å². The zero-order chi connectivity index (χ0) is 12.3. The molecule has 2 rings (SSSR count). The van der Waals surface area contributed by atoms with Crippen molar-refractivity contribution in [3.05, 3.63) is 11.8 Å². The summed E-state index contributed by atoms with van der Waals surface area (Å²) in [6.07, 6.45) is 1.91. The fourth-order valence-electron chi connectivity index (χ4n) is 1.94. The first-order chi connectivity index (χ1) is 8.20. The second-order valence-corrected chi connectivity index (χ2v) is 4.21. The number of anilines is 1. The average Bonchev–Trinajstić information content (AvgIpc) is 2.64. The minimum Gasteiger partial charge on any atom is -0.382 e. The van der Waals surface area contributed by atoms with Crippen LogP contribution in [0.5, 0.6) is 0 Å². The van der Waals surface area contributed by atoms with Crippen molar-refractivity contribution in [3.8, 4) is 0 Å². The molecule has 6 nitrogen and oxygen atoms in total. The monoisotopic (exact) mass is 238 g/mol. The quantitative estimate of drug-likeness (QED) is 0.791. The van der Waals surface area contributed by atoms with Crippen LogP contribution in [0.15, 0.2) is 6.07 Å². The number of nitrogens with two attached hydrogens (primary N) is 1. The molecule has 17 heavy (non-hydrogen) atoms. The molecule has 0 spiro atoms. The molecule has 1 amide bonds. The van der Waals surface area contributed by atoms with E-state index < -0.39 is 0 Å². The van der Waals surface area contributed by atoms with Gasteiger partial charge in [0.2, 0.25) is 0 Å². The van der Waals surface area contributed by atoms with Crippen LogP contribution in [0.4, 0.5) is 5.82 Å². The van der Waals surface area contributed by atoms with Gasteiger partial charge in [0.05, 0.1) is 6.10 Å². The van der Waals surface area contributed by atoms with Crippen LogP contribution in [0, 0.1) is 0 Å². The van der Waals surface area contributed by atoms with Crippen LogP contribution in [0.3, 0.4) is 0 Å². The summed E-state index contributed by atoms with van der Waals surface area (Å²) < 4.78 is 5.63. The minimum absolute atomic E-state index is 0.0573. The second-order valence-electron chi connectivity index (χ2n) is 4.21. The minimum atomic E-state index is -0.0573. The molecule has 1 saturated heterocycles. The van der Waals surface area contributed by atoms with E-state index in [9.17, 15) is 4.79 Å². The summed E-state index contributed by atoms with van der Waals surface area (Å²) in [5, 5.41) is 6.42. The number of carbonyl (C=O) groups is 1. The lowest BCUT2D eigenvalue weighted by Gasteiger charge is -2.22. The topological polar surface area (TPSA) is 84.2 Å². The summed E-state index contributed by atoms with van der Waals surface area (Å²) in [4.78, 5) is 14.0. The van der Waals surface area contributed by atoms with Crippen molar-refractivity contribution in [2.45, 2.75) is 25.9 Å². The molecule has 1 aliphatic rings. The Morgan fingerprint density at radius 3 is 3.24 bits per heavy atom. The lowest BCUT2D eigenvalue weighted by molar-refractivity contribution is 0.0458. The second kappa shape index (κ2) is 5.18. The summed E-state index contributed by atoms with van der Waals surface area (Å²) >= 11 is 0. The number of carbonyl (C=O) groups excluding carboxylic acids is 1. The standard InChI is InChI=1S/C11H18N4O2/c1-2-8-7-15(4-3-5-17-8)11(16)9-6-10(12)14-13-9/h6,8H,2-5,7H2,1H3,(H3,12,13,14). The Morgan fingerprint density at radius 2 is 2.59 bits per heavy atom. The summed E-state index contributed by atoms with van der Waals surface area (Å²) in [7, 11) is 0. The number of H-pyrrole nitrogens is 1. The molecule has 0 aromatic carbocycles. The fraction of sp³-hybridized carbons (Fsp3) is 0.636. The number of aromatic amines is 1. The van der Waals surface area contributed by atoms with Gasteiger partial charge in [-0.2, -0.15) is 5.10 Å². The first-order valence-corrected chi connectivity index (χ1v) is 5.92. The summed E-state index contributed by atoms with van der Waals surface area (Å²) in [5.74, 6) is 0.282. The number of nitrogen functional groups attached to an aromatic ring is 1. The molecule has 1 aromatic rings. The molecule has 1 aliphatic heterocycles. The van der Waals surface area contributed by atoms with Crippen molar-refractivity contribution in [1.29, 1.82) is 0 Å². The summed E-state index contributed by atoms with van der Waals surface area (Å²) in [6.45, 7) is 4.13. The van der Waals surface area contributed by atoms with Gasteiger partial charge in [-0.25, -0.2) is 0 Å². The molecule has 2 heterocycles. The summed E-state index contributed by atoms with van der Waals surface area (Å²) in [5.41, 5.74) is 5.94. The molecule has 1 unspecified atom stereocenters. The normalized spacial score (nSPS) is 21.2. The highest BCUT2D eigenvalue weighted by molar-refractivity contribution is 5.93. The number of nitrogens with one attached hydrogen (secondary N) is 1. The molecule has 6 heteroatoms. The zero-order valence-corrected chi connectivity index (χ0v) is 9.98. The first kappa shape index (κ1) is 11.9. The van der Waals surface area contributed by atoms with Crippen LogP contribution in [-0.4, -0.2) is 46.8 Å². The SMILES string of the molecule is CCC1CN(C(=O)c2cc(N)n[nH]2)CCCO1. The van der Waals surface area contributed by atoms with Crippen LogP contribution in [-0.2, 0) is 4.74 Å². The highest BCUT2D eigenvalue weighted by Gasteiger charge is 2.23. The maximum absolute atomic E-state index is 12.2. The largest absolute Gasteiger partial charge is 0.382 e. The lowest BCUT2D eigenvalue weighted by Crippen LogP contribution is -2.36. The van der Waals surface area contributed by atoms with E-state index in [1.165, 1.54) is 0 Å². The van der Waals surface area contributed by atoms with Crippen molar-refractivity contribution in [1.82, 2.24) is 15.1 Å². The van der Waals surface area contributed by atoms with Crippen molar-refractivity contribution >= 4 is 11.7 Å². The lowest BCUT2D eigenvalue weighted by atomic mass is 10.2. The van der Waals surface area contributed by atoms with E-state index in [1.807, 2.05) is 0 Å². The predicted octanol–water partition coefficient (Wildman–Crippen LogP) is 0.633. The highest BCUT2D eigenvalue weighted by atomic mass is 16.5. The number of hydrogen-bond acceptors (Lipinski definition) is 4. The van der Waals surface area contributed by atoms with Gasteiger partial charge in [-0.15, -0.1) is 0 Å². The van der Waals surface area contributed by atoms with Gasteiger partial charge in [0.15, 0.2) is 0 Å². The van der Waals surface area contributed by atoms with Crippen LogP contribution in [0.2, 0.25) is 0 Å². The molecule has 0 aliphatic carbocycles. The van der Waals surface area contributed by atoms with E-state index in [0.29, 0.717) is 31.2 Å². The molecule has 3 N–H and O–H groups in total. The van der Waals surface area contributed by atoms with Gasteiger partial charge in [0, 0.05) is 25.8 Å². The highest BCUT2D eigenvalue weighted by Crippen LogP contribution is 2.12. The molecule has 1 aromatic heterocycles. The fourth-order valence-corrected chi connectivity index (χ4v) is 1.94. The molecular weight excluding hydrogens is 220 g/mol. The number of aromatic nitrogens is 2. The number of nitrogens with zero attached hydrogens (tertiary/aromatic N) is 2. The van der Waals surface area contributed by atoms with Crippen molar-refractivity contribution in [2.75, 3.05) is 25.4 Å². The molecule has 0 saturated carbocycles. The Morgan fingerprint density at radius 1 is 1.76 bits per heavy atom. The first-order valence-electron chi connectivity index (χ1n) is 5.92. The van der Waals surface area contributed by atoms with Crippen LogP contribution < -0.4 is 5.73 Å². The van der Waals surface area contributed by atoms with Gasteiger partial charge in [0.1, 0.15) is 11.5 Å². The van der Waals surface area contributed by atoms with Crippen molar-refractivity contribution in [3.63, 3.8) is 0 Å². The Labute approximate surface area is 100 Å². The summed E-state index contributed by atoms with van der Waals surface area (Å²) in [6, 6.07) is 1.56. The van der Waals surface area contributed by atoms with E-state index in [-0.39, 0.29) is 12.0 Å². The third-order valence-corrected chi connectivity index (χ3v) is 2.92. The van der Waals surface area contributed by atoms with Gasteiger partial charge >= 0.3 is 0 Å². The van der Waals surface area contributed by atoms with Crippen LogP contribution in [0.1, 0.15) is 30.3 Å². The Kier molecular flexibility index (Phi) is 3.63. The van der Waals surface area contributed by atoms with Gasteiger partial charge in [-0.1, -0.05) is 6.92 Å². The number of ether oxygens (including phenoxy) is 1. The molecule has 0 bridgehead atoms. The van der Waals surface area contributed by atoms with E-state index in [1.54, 1.807) is 11.0 Å². The van der Waals surface area contributed by atoms with E-state index in [0.717, 1.165) is 12.8 Å². The van der Waals surface area contributed by atoms with Crippen molar-refractivity contribution < 1.29 is 9.53 Å².